The third kappa shape index (κ3) is 4.90. The van der Waals surface area contributed by atoms with Gasteiger partial charge < -0.3 is 5.32 Å². The largest absolute Gasteiger partial charge is 0.304 e. The number of rotatable bonds is 5. The zero-order valence-corrected chi connectivity index (χ0v) is 14.2. The number of nitrogens with zero attached hydrogens (tertiary/aromatic N) is 1. The average molecular weight is 308 g/mol. The molecule has 0 fully saturated rings. The molecule has 3 aliphatic carbocycles. The van der Waals surface area contributed by atoms with Gasteiger partial charge >= 0.3 is 0 Å². The third-order valence-electron chi connectivity index (χ3n) is 4.89. The Morgan fingerprint density at radius 1 is 1.09 bits per heavy atom. The van der Waals surface area contributed by atoms with E-state index in [1.165, 1.54) is 29.7 Å². The van der Waals surface area contributed by atoms with E-state index in [1.807, 2.05) is 0 Å². The quantitative estimate of drug-likeness (QED) is 0.783. The first kappa shape index (κ1) is 16.2. The van der Waals surface area contributed by atoms with Crippen LogP contribution in [-0.2, 0) is 0 Å². The van der Waals surface area contributed by atoms with Crippen LogP contribution in [0.5, 0.6) is 0 Å². The lowest BCUT2D eigenvalue weighted by atomic mass is 9.92. The minimum atomic E-state index is 0.110. The molecule has 1 atom stereocenters. The Labute approximate surface area is 140 Å². The van der Waals surface area contributed by atoms with Crippen molar-refractivity contribution in [3.8, 4) is 0 Å². The van der Waals surface area contributed by atoms with Crippen molar-refractivity contribution in [3.63, 3.8) is 0 Å². The highest BCUT2D eigenvalue weighted by molar-refractivity contribution is 5.95. The van der Waals surface area contributed by atoms with Crippen molar-refractivity contribution in [1.29, 1.82) is 0 Å². The van der Waals surface area contributed by atoms with Crippen LogP contribution in [-0.4, -0.2) is 24.3 Å². The number of hydrogen-bond acceptors (Lipinski definition) is 2. The highest BCUT2D eigenvalue weighted by atomic mass is 15.0. The molecule has 0 saturated carbocycles. The molecule has 2 nitrogen and oxygen atoms in total. The van der Waals surface area contributed by atoms with E-state index in [9.17, 15) is 0 Å². The van der Waals surface area contributed by atoms with Crippen molar-refractivity contribution in [2.45, 2.75) is 51.0 Å². The number of aliphatic imine (C=N–C) groups is 1. The van der Waals surface area contributed by atoms with Crippen LogP contribution in [0.2, 0.25) is 0 Å². The summed E-state index contributed by atoms with van der Waals surface area (Å²) in [4.78, 5) is 4.76. The molecule has 0 saturated heterocycles. The summed E-state index contributed by atoms with van der Waals surface area (Å²) in [5.41, 5.74) is 4.35. The summed E-state index contributed by atoms with van der Waals surface area (Å²) in [5.74, 6) is 0. The molecule has 3 rings (SSSR count). The molecular weight excluding hydrogens is 280 g/mol. The maximum absolute atomic E-state index is 4.76. The molecule has 23 heavy (non-hydrogen) atoms. The Morgan fingerprint density at radius 3 is 2.65 bits per heavy atom. The zero-order valence-electron chi connectivity index (χ0n) is 14.2. The lowest BCUT2D eigenvalue weighted by Gasteiger charge is -2.29. The van der Waals surface area contributed by atoms with Crippen LogP contribution < -0.4 is 5.32 Å². The SMILES string of the molecule is CC1(NCC2=CC=C(CN=C3C=CCCC3)CC2)C=CC=CC1. The average Bonchev–Trinajstić information content (AvgIpc) is 2.61. The molecule has 2 heteroatoms. The maximum Gasteiger partial charge on any atom is 0.0606 e. The molecule has 0 radical (unpaired) electrons. The van der Waals surface area contributed by atoms with E-state index in [1.54, 1.807) is 0 Å². The van der Waals surface area contributed by atoms with Crippen molar-refractivity contribution in [3.05, 3.63) is 59.8 Å². The lowest BCUT2D eigenvalue weighted by Crippen LogP contribution is -2.41. The molecule has 1 N–H and O–H groups in total. The molecule has 0 amide bonds. The molecular formula is C21H28N2. The first-order valence-electron chi connectivity index (χ1n) is 8.90. The van der Waals surface area contributed by atoms with Gasteiger partial charge in [-0.3, -0.25) is 4.99 Å². The molecule has 0 aromatic heterocycles. The van der Waals surface area contributed by atoms with E-state index >= 15 is 0 Å². The number of nitrogens with one attached hydrogen (secondary N) is 1. The second-order valence-corrected chi connectivity index (χ2v) is 7.01. The fraction of sp³-hybridized carbons (Fsp3) is 0.476. The Balaban J connectivity index is 1.49. The van der Waals surface area contributed by atoms with E-state index in [-0.39, 0.29) is 5.54 Å². The van der Waals surface area contributed by atoms with Crippen LogP contribution in [0.1, 0.15) is 45.4 Å². The normalized spacial score (nSPS) is 28.8. The fourth-order valence-electron chi connectivity index (χ4n) is 3.22. The predicted octanol–water partition coefficient (Wildman–Crippen LogP) is 4.68. The van der Waals surface area contributed by atoms with E-state index < -0.39 is 0 Å². The van der Waals surface area contributed by atoms with Gasteiger partial charge in [0.15, 0.2) is 0 Å². The summed E-state index contributed by atoms with van der Waals surface area (Å²) in [6.45, 7) is 4.13. The minimum Gasteiger partial charge on any atom is -0.304 e. The molecule has 0 aliphatic heterocycles. The molecule has 0 bridgehead atoms. The van der Waals surface area contributed by atoms with E-state index in [4.69, 9.17) is 4.99 Å². The first-order valence-corrected chi connectivity index (χ1v) is 8.90. The molecule has 3 aliphatic rings. The molecule has 0 spiro atoms. The van der Waals surface area contributed by atoms with Crippen molar-refractivity contribution < 1.29 is 0 Å². The first-order chi connectivity index (χ1) is 11.2. The van der Waals surface area contributed by atoms with Crippen LogP contribution in [0.3, 0.4) is 0 Å². The van der Waals surface area contributed by atoms with E-state index in [2.05, 4.69) is 60.8 Å². The standard InChI is InChI=1S/C21H28N2/c1-21(14-6-3-7-15-21)23-17-19-12-10-18(11-13-19)16-22-20-8-4-2-5-9-20/h3-4,6-8,10,12,14,23H,2,5,9,11,13,15-17H2,1H3. The molecule has 1 unspecified atom stereocenters. The Bertz CT molecular complexity index is 601. The summed E-state index contributed by atoms with van der Waals surface area (Å²) >= 11 is 0. The van der Waals surface area contributed by atoms with Crippen molar-refractivity contribution in [2.75, 3.05) is 13.1 Å². The fourth-order valence-corrected chi connectivity index (χ4v) is 3.22. The topological polar surface area (TPSA) is 24.4 Å². The van der Waals surface area contributed by atoms with Crippen LogP contribution in [0, 0.1) is 0 Å². The molecule has 0 aromatic rings. The van der Waals surface area contributed by atoms with Crippen molar-refractivity contribution in [1.82, 2.24) is 5.32 Å². The van der Waals surface area contributed by atoms with Gasteiger partial charge in [-0.1, -0.05) is 48.1 Å². The summed E-state index contributed by atoms with van der Waals surface area (Å²) in [6.07, 6.45) is 24.8. The van der Waals surface area contributed by atoms with Gasteiger partial charge in [-0.25, -0.2) is 0 Å². The predicted molar refractivity (Wildman–Crippen MR) is 100.0 cm³/mol. The van der Waals surface area contributed by atoms with Crippen LogP contribution >= 0.6 is 0 Å². The van der Waals surface area contributed by atoms with Gasteiger partial charge in [0.2, 0.25) is 0 Å². The number of hydrogen-bond donors (Lipinski definition) is 1. The maximum atomic E-state index is 4.76. The van der Waals surface area contributed by atoms with E-state index in [0.29, 0.717) is 0 Å². The van der Waals surface area contributed by atoms with Gasteiger partial charge in [0.1, 0.15) is 0 Å². The van der Waals surface area contributed by atoms with E-state index in [0.717, 1.165) is 38.8 Å². The summed E-state index contributed by atoms with van der Waals surface area (Å²) < 4.78 is 0. The molecule has 0 aromatic carbocycles. The van der Waals surface area contributed by atoms with Crippen molar-refractivity contribution >= 4 is 5.71 Å². The van der Waals surface area contributed by atoms with Gasteiger partial charge in [-0.2, -0.15) is 0 Å². The van der Waals surface area contributed by atoms with Crippen LogP contribution in [0.4, 0.5) is 0 Å². The number of allylic oxidation sites excluding steroid dienone is 6. The molecule has 122 valence electrons. The van der Waals surface area contributed by atoms with Gasteiger partial charge in [-0.15, -0.1) is 0 Å². The van der Waals surface area contributed by atoms with Crippen LogP contribution in [0.15, 0.2) is 64.7 Å². The van der Waals surface area contributed by atoms with Gasteiger partial charge in [0.25, 0.3) is 0 Å². The second-order valence-electron chi connectivity index (χ2n) is 7.01. The van der Waals surface area contributed by atoms with Gasteiger partial charge in [0.05, 0.1) is 6.54 Å². The Morgan fingerprint density at radius 2 is 1.96 bits per heavy atom. The van der Waals surface area contributed by atoms with Gasteiger partial charge in [-0.05, 0) is 57.1 Å². The smallest absolute Gasteiger partial charge is 0.0606 e. The zero-order chi connectivity index (χ0) is 16.0. The summed E-state index contributed by atoms with van der Waals surface area (Å²) in [5, 5.41) is 3.69. The summed E-state index contributed by atoms with van der Waals surface area (Å²) in [7, 11) is 0. The highest BCUT2D eigenvalue weighted by Crippen LogP contribution is 2.21. The Kier molecular flexibility index (Phi) is 5.45. The summed E-state index contributed by atoms with van der Waals surface area (Å²) in [6, 6.07) is 0. The highest BCUT2D eigenvalue weighted by Gasteiger charge is 2.20. The van der Waals surface area contributed by atoms with Crippen molar-refractivity contribution in [2.24, 2.45) is 4.99 Å². The second kappa shape index (κ2) is 7.74. The minimum absolute atomic E-state index is 0.110. The third-order valence-corrected chi connectivity index (χ3v) is 4.89. The lowest BCUT2D eigenvalue weighted by molar-refractivity contribution is 0.453. The van der Waals surface area contributed by atoms with Gasteiger partial charge in [0, 0.05) is 17.8 Å². The monoisotopic (exact) mass is 308 g/mol. The van der Waals surface area contributed by atoms with Crippen LogP contribution in [0.25, 0.3) is 0 Å². The Hall–Kier alpha value is -1.67. The molecule has 0 heterocycles.